The lowest BCUT2D eigenvalue weighted by atomic mass is 10.1. The Morgan fingerprint density at radius 2 is 2.06 bits per heavy atom. The average Bonchev–Trinajstić information content (AvgIpc) is 3.53. The van der Waals surface area contributed by atoms with Gasteiger partial charge in [0.15, 0.2) is 21.7 Å². The highest BCUT2D eigenvalue weighted by atomic mass is 79.9. The Bertz CT molecular complexity index is 1520. The third kappa shape index (κ3) is 4.32. The fourth-order valence-electron chi connectivity index (χ4n) is 4.00. The van der Waals surface area contributed by atoms with Gasteiger partial charge in [-0.3, -0.25) is 9.36 Å². The zero-order valence-electron chi connectivity index (χ0n) is 18.5. The van der Waals surface area contributed by atoms with Crippen molar-refractivity contribution >= 4 is 32.9 Å². The maximum Gasteiger partial charge on any atom is 0.286 e. The largest absolute Gasteiger partial charge is 0.508 e. The number of hydrogen-bond acceptors (Lipinski definition) is 8. The zero-order chi connectivity index (χ0) is 23.7. The summed E-state index contributed by atoms with van der Waals surface area (Å²) in [7, 11) is 0. The number of unbranched alkanes of at least 4 members (excludes halogenated alkanes) is 2. The van der Waals surface area contributed by atoms with E-state index in [4.69, 9.17) is 4.52 Å². The number of imidazole rings is 1. The Labute approximate surface area is 202 Å². The van der Waals surface area contributed by atoms with Gasteiger partial charge in [-0.05, 0) is 40.0 Å². The SMILES string of the molecule is CCCCCn1c2nc(Br)[nH]c2c(=O)n2c(CCc3nc(Cc4cccc(O)c4)no3)nnc12. The molecule has 0 fully saturated rings. The van der Waals surface area contributed by atoms with Crippen LogP contribution in [0.4, 0.5) is 0 Å². The predicted octanol–water partition coefficient (Wildman–Crippen LogP) is 3.18. The minimum absolute atomic E-state index is 0.193. The molecule has 0 aliphatic heterocycles. The molecule has 1 aromatic carbocycles. The van der Waals surface area contributed by atoms with Gasteiger partial charge in [0.2, 0.25) is 11.7 Å². The van der Waals surface area contributed by atoms with Crippen molar-refractivity contribution in [2.24, 2.45) is 0 Å². The Morgan fingerprint density at radius 3 is 2.88 bits per heavy atom. The highest BCUT2D eigenvalue weighted by Gasteiger charge is 2.20. The molecule has 0 aliphatic carbocycles. The van der Waals surface area contributed by atoms with E-state index in [0.29, 0.717) is 65.0 Å². The first-order valence-corrected chi connectivity index (χ1v) is 11.9. The second-order valence-corrected chi connectivity index (χ2v) is 8.84. The van der Waals surface area contributed by atoms with Crippen LogP contribution >= 0.6 is 15.9 Å². The van der Waals surface area contributed by atoms with Crippen LogP contribution in [0.1, 0.15) is 49.3 Å². The molecular weight excluding hydrogens is 504 g/mol. The van der Waals surface area contributed by atoms with Crippen molar-refractivity contribution in [2.75, 3.05) is 0 Å². The van der Waals surface area contributed by atoms with E-state index in [-0.39, 0.29) is 11.3 Å². The van der Waals surface area contributed by atoms with Crippen LogP contribution in [0.5, 0.6) is 5.75 Å². The second kappa shape index (κ2) is 9.37. The van der Waals surface area contributed by atoms with Crippen molar-refractivity contribution in [1.29, 1.82) is 0 Å². The van der Waals surface area contributed by atoms with Crippen molar-refractivity contribution in [2.45, 2.75) is 52.0 Å². The summed E-state index contributed by atoms with van der Waals surface area (Å²) < 4.78 is 9.35. The number of phenols is 1. The highest BCUT2D eigenvalue weighted by Crippen LogP contribution is 2.18. The van der Waals surface area contributed by atoms with Gasteiger partial charge in [0.05, 0.1) is 0 Å². The number of rotatable bonds is 9. The number of fused-ring (bicyclic) bond motifs is 2. The lowest BCUT2D eigenvalue weighted by Crippen LogP contribution is -2.21. The van der Waals surface area contributed by atoms with Gasteiger partial charge in [0.1, 0.15) is 11.6 Å². The molecule has 0 atom stereocenters. The number of aromatic amines is 1. The summed E-state index contributed by atoms with van der Waals surface area (Å²) >= 11 is 3.34. The van der Waals surface area contributed by atoms with Gasteiger partial charge in [0, 0.05) is 25.8 Å². The molecule has 5 aromatic rings. The van der Waals surface area contributed by atoms with Crippen molar-refractivity contribution in [1.82, 2.24) is 39.3 Å². The van der Waals surface area contributed by atoms with E-state index in [9.17, 15) is 9.90 Å². The van der Waals surface area contributed by atoms with E-state index < -0.39 is 0 Å². The third-order valence-electron chi connectivity index (χ3n) is 5.61. The van der Waals surface area contributed by atoms with Gasteiger partial charge in [-0.1, -0.05) is 37.1 Å². The summed E-state index contributed by atoms with van der Waals surface area (Å²) in [5.41, 5.74) is 1.61. The molecular formula is C22H23BrN8O3. The molecule has 34 heavy (non-hydrogen) atoms. The van der Waals surface area contributed by atoms with Crippen LogP contribution < -0.4 is 5.56 Å². The topological polar surface area (TPSA) is 140 Å². The number of H-pyrrole nitrogens is 1. The van der Waals surface area contributed by atoms with E-state index in [1.54, 1.807) is 18.2 Å². The van der Waals surface area contributed by atoms with Gasteiger partial charge in [-0.15, -0.1) is 10.2 Å². The molecule has 0 bridgehead atoms. The molecule has 0 radical (unpaired) electrons. The van der Waals surface area contributed by atoms with Gasteiger partial charge in [0.25, 0.3) is 5.56 Å². The fourth-order valence-corrected chi connectivity index (χ4v) is 4.36. The standard InChI is InChI=1S/C22H23BrN8O3/c1-2-3-4-10-30-19-18(25-21(23)26-19)20(33)31-16(27-28-22(30)31)8-9-17-24-15(29-34-17)12-13-6-5-7-14(32)11-13/h5-7,11,32H,2-4,8-10,12H2,1H3,(H,25,26). The third-order valence-corrected chi connectivity index (χ3v) is 5.99. The predicted molar refractivity (Wildman–Crippen MR) is 127 cm³/mol. The maximum absolute atomic E-state index is 13.2. The zero-order valence-corrected chi connectivity index (χ0v) is 20.1. The number of benzene rings is 1. The van der Waals surface area contributed by atoms with Gasteiger partial charge in [-0.25, -0.2) is 9.38 Å². The lowest BCUT2D eigenvalue weighted by molar-refractivity contribution is 0.373. The summed E-state index contributed by atoms with van der Waals surface area (Å²) in [6.45, 7) is 2.83. The van der Waals surface area contributed by atoms with Crippen LogP contribution in [-0.2, 0) is 25.8 Å². The summed E-state index contributed by atoms with van der Waals surface area (Å²) in [4.78, 5) is 25.1. The molecule has 0 saturated heterocycles. The number of phenolic OH excluding ortho intramolecular Hbond substituents is 1. The van der Waals surface area contributed by atoms with E-state index in [1.807, 2.05) is 10.6 Å². The molecule has 4 aromatic heterocycles. The summed E-state index contributed by atoms with van der Waals surface area (Å²) in [6, 6.07) is 6.93. The average molecular weight is 527 g/mol. The maximum atomic E-state index is 13.2. The van der Waals surface area contributed by atoms with Gasteiger partial charge in [-0.2, -0.15) is 4.98 Å². The Kier molecular flexibility index (Phi) is 6.14. The van der Waals surface area contributed by atoms with E-state index in [1.165, 1.54) is 4.40 Å². The van der Waals surface area contributed by atoms with E-state index >= 15 is 0 Å². The van der Waals surface area contributed by atoms with Crippen molar-refractivity contribution in [3.63, 3.8) is 0 Å². The van der Waals surface area contributed by atoms with Gasteiger partial charge >= 0.3 is 0 Å². The molecule has 0 spiro atoms. The van der Waals surface area contributed by atoms with Crippen molar-refractivity contribution < 1.29 is 9.63 Å². The molecule has 12 heteroatoms. The minimum atomic E-state index is -0.245. The van der Waals surface area contributed by atoms with Gasteiger partial charge < -0.3 is 14.6 Å². The summed E-state index contributed by atoms with van der Waals surface area (Å²) in [6.07, 6.45) is 4.35. The number of nitrogens with one attached hydrogen (secondary N) is 1. The quantitative estimate of drug-likeness (QED) is 0.220. The Balaban J connectivity index is 1.40. The van der Waals surface area contributed by atoms with Crippen LogP contribution in [0.25, 0.3) is 16.9 Å². The minimum Gasteiger partial charge on any atom is -0.508 e. The first-order valence-electron chi connectivity index (χ1n) is 11.1. The molecule has 176 valence electrons. The second-order valence-electron chi connectivity index (χ2n) is 8.09. The molecule has 0 aliphatic rings. The van der Waals surface area contributed by atoms with Crippen LogP contribution in [0.3, 0.4) is 0 Å². The van der Waals surface area contributed by atoms with Crippen LogP contribution in [0.2, 0.25) is 0 Å². The number of aromatic hydroxyl groups is 1. The molecule has 11 nitrogen and oxygen atoms in total. The summed E-state index contributed by atoms with van der Waals surface area (Å²) in [5.74, 6) is 2.15. The molecule has 0 unspecified atom stereocenters. The molecule has 0 amide bonds. The number of nitrogens with zero attached hydrogens (tertiary/aromatic N) is 7. The Morgan fingerprint density at radius 1 is 1.18 bits per heavy atom. The molecule has 0 saturated carbocycles. The van der Waals surface area contributed by atoms with Crippen LogP contribution in [0, 0.1) is 0 Å². The first-order chi connectivity index (χ1) is 16.5. The highest BCUT2D eigenvalue weighted by molar-refractivity contribution is 9.10. The molecule has 4 heterocycles. The molecule has 5 rings (SSSR count). The Hall–Kier alpha value is -3.54. The number of halogens is 1. The lowest BCUT2D eigenvalue weighted by Gasteiger charge is -2.09. The summed E-state index contributed by atoms with van der Waals surface area (Å²) in [5, 5.41) is 22.3. The van der Waals surface area contributed by atoms with Crippen molar-refractivity contribution in [3.05, 3.63) is 62.5 Å². The van der Waals surface area contributed by atoms with E-state index in [0.717, 1.165) is 24.8 Å². The molecule has 2 N–H and O–H groups in total. The number of aryl methyl sites for hydroxylation is 3. The normalized spacial score (nSPS) is 11.7. The number of aromatic nitrogens is 8. The van der Waals surface area contributed by atoms with Crippen LogP contribution in [0.15, 0.2) is 38.3 Å². The smallest absolute Gasteiger partial charge is 0.286 e. The first kappa shape index (κ1) is 22.3. The fraction of sp³-hybridized carbons (Fsp3) is 0.364. The number of hydrogen-bond donors (Lipinski definition) is 2. The van der Waals surface area contributed by atoms with Crippen molar-refractivity contribution in [3.8, 4) is 5.75 Å². The van der Waals surface area contributed by atoms with Crippen LogP contribution in [-0.4, -0.2) is 44.4 Å². The monoisotopic (exact) mass is 526 g/mol. The van der Waals surface area contributed by atoms with E-state index in [2.05, 4.69) is 53.2 Å².